The third-order valence-electron chi connectivity index (χ3n) is 5.14. The summed E-state index contributed by atoms with van der Waals surface area (Å²) in [6.45, 7) is 1.79. The van der Waals surface area contributed by atoms with Crippen molar-refractivity contribution in [3.05, 3.63) is 24.3 Å². The van der Waals surface area contributed by atoms with E-state index in [4.69, 9.17) is 0 Å². The Hall–Kier alpha value is -1.28. The average Bonchev–Trinajstić information content (AvgIpc) is 3.08. The Bertz CT molecular complexity index is 705. The van der Waals surface area contributed by atoms with Gasteiger partial charge in [0, 0.05) is 6.04 Å². The highest BCUT2D eigenvalue weighted by atomic mass is 32.2. The molecule has 4 nitrogen and oxygen atoms in total. The molecule has 4 atom stereocenters. The van der Waals surface area contributed by atoms with Gasteiger partial charge in [0.25, 0.3) is 0 Å². The zero-order chi connectivity index (χ0) is 17.5. The second-order valence-electron chi connectivity index (χ2n) is 6.74. The van der Waals surface area contributed by atoms with Crippen molar-refractivity contribution in [2.75, 3.05) is 0 Å². The molecule has 2 aliphatic rings. The number of para-hydroxylation sites is 1. The molecule has 0 heterocycles. The topological polar surface area (TPSA) is 55.4 Å². The van der Waals surface area contributed by atoms with Crippen LogP contribution in [0.1, 0.15) is 32.6 Å². The Balaban J connectivity index is 1.78. The zero-order valence-corrected chi connectivity index (χ0v) is 14.0. The van der Waals surface area contributed by atoms with Gasteiger partial charge in [0.2, 0.25) is 10.0 Å². The van der Waals surface area contributed by atoms with Gasteiger partial charge in [0.15, 0.2) is 0 Å². The number of ether oxygens (including phenoxy) is 1. The van der Waals surface area contributed by atoms with E-state index in [1.807, 2.05) is 0 Å². The van der Waals surface area contributed by atoms with E-state index in [-0.39, 0.29) is 12.0 Å². The van der Waals surface area contributed by atoms with Gasteiger partial charge in [0.1, 0.15) is 10.6 Å². The summed E-state index contributed by atoms with van der Waals surface area (Å²) in [4.78, 5) is -0.489. The van der Waals surface area contributed by atoms with Gasteiger partial charge >= 0.3 is 6.36 Å². The summed E-state index contributed by atoms with van der Waals surface area (Å²) >= 11 is 0. The van der Waals surface area contributed by atoms with E-state index in [0.717, 1.165) is 31.4 Å². The normalized spacial score (nSPS) is 28.1. The second kappa shape index (κ2) is 6.22. The molecule has 0 amide bonds. The van der Waals surface area contributed by atoms with Crippen molar-refractivity contribution in [1.82, 2.24) is 4.72 Å². The highest BCUT2D eigenvalue weighted by Gasteiger charge is 2.43. The molecule has 0 radical (unpaired) electrons. The molecule has 1 aromatic rings. The molecule has 3 rings (SSSR count). The van der Waals surface area contributed by atoms with Gasteiger partial charge in [-0.15, -0.1) is 13.2 Å². The molecular weight excluding hydrogens is 343 g/mol. The number of nitrogens with one attached hydrogen (secondary N) is 1. The van der Waals surface area contributed by atoms with E-state index >= 15 is 0 Å². The number of alkyl halides is 3. The van der Waals surface area contributed by atoms with Crippen LogP contribution >= 0.6 is 0 Å². The van der Waals surface area contributed by atoms with Crippen LogP contribution in [0, 0.1) is 17.8 Å². The summed E-state index contributed by atoms with van der Waals surface area (Å²) in [5, 5.41) is 0. The maximum absolute atomic E-state index is 12.6. The molecule has 1 N–H and O–H groups in total. The minimum Gasteiger partial charge on any atom is -0.404 e. The van der Waals surface area contributed by atoms with E-state index in [2.05, 4.69) is 9.46 Å². The third-order valence-corrected chi connectivity index (χ3v) is 6.74. The molecule has 1 aromatic carbocycles. The molecule has 134 valence electrons. The Morgan fingerprint density at radius 3 is 2.50 bits per heavy atom. The van der Waals surface area contributed by atoms with Gasteiger partial charge in [-0.2, -0.15) is 0 Å². The summed E-state index contributed by atoms with van der Waals surface area (Å²) in [5.41, 5.74) is 0. The van der Waals surface area contributed by atoms with Crippen LogP contribution in [0.5, 0.6) is 5.75 Å². The molecule has 2 fully saturated rings. The molecule has 0 aromatic heterocycles. The van der Waals surface area contributed by atoms with Crippen LogP contribution in [0.15, 0.2) is 29.2 Å². The molecule has 0 spiro atoms. The Morgan fingerprint density at radius 2 is 1.92 bits per heavy atom. The highest BCUT2D eigenvalue weighted by Crippen LogP contribution is 2.49. The first kappa shape index (κ1) is 17.5. The van der Waals surface area contributed by atoms with Gasteiger partial charge in [-0.25, -0.2) is 13.1 Å². The highest BCUT2D eigenvalue weighted by molar-refractivity contribution is 7.89. The summed E-state index contributed by atoms with van der Waals surface area (Å²) in [7, 11) is -4.09. The van der Waals surface area contributed by atoms with E-state index in [1.165, 1.54) is 18.6 Å². The summed E-state index contributed by atoms with van der Waals surface area (Å²) in [5.74, 6) is 0.703. The number of sulfonamides is 1. The lowest BCUT2D eigenvalue weighted by atomic mass is 9.84. The van der Waals surface area contributed by atoms with Crippen LogP contribution in [0.2, 0.25) is 0 Å². The SMILES string of the molecule is CC(NS(=O)(=O)c1ccccc1OC(F)(F)F)C1CC2CCC1C2. The monoisotopic (exact) mass is 363 g/mol. The summed E-state index contributed by atoms with van der Waals surface area (Å²) in [6.07, 6.45) is -0.528. The smallest absolute Gasteiger partial charge is 0.404 e. The van der Waals surface area contributed by atoms with Gasteiger partial charge in [0.05, 0.1) is 0 Å². The first-order chi connectivity index (χ1) is 11.2. The molecular formula is C16H20F3NO3S. The maximum atomic E-state index is 12.6. The zero-order valence-electron chi connectivity index (χ0n) is 13.2. The fourth-order valence-electron chi connectivity index (χ4n) is 4.18. The lowest BCUT2D eigenvalue weighted by Gasteiger charge is -2.28. The molecule has 2 bridgehead atoms. The van der Waals surface area contributed by atoms with Crippen LogP contribution in [0.4, 0.5) is 13.2 Å². The molecule has 24 heavy (non-hydrogen) atoms. The van der Waals surface area contributed by atoms with Crippen LogP contribution in [-0.4, -0.2) is 20.8 Å². The van der Waals surface area contributed by atoms with Gasteiger partial charge in [-0.1, -0.05) is 18.6 Å². The molecule has 4 unspecified atom stereocenters. The van der Waals surface area contributed by atoms with E-state index in [9.17, 15) is 21.6 Å². The molecule has 2 saturated carbocycles. The minimum absolute atomic E-state index is 0.245. The summed E-state index contributed by atoms with van der Waals surface area (Å²) < 4.78 is 69.0. The number of hydrogen-bond acceptors (Lipinski definition) is 3. The molecule has 0 saturated heterocycles. The van der Waals surface area contributed by atoms with Crippen molar-refractivity contribution in [2.45, 2.75) is 49.9 Å². The number of fused-ring (bicyclic) bond motifs is 2. The van der Waals surface area contributed by atoms with Crippen molar-refractivity contribution in [1.29, 1.82) is 0 Å². The van der Waals surface area contributed by atoms with E-state index in [1.54, 1.807) is 6.92 Å². The van der Waals surface area contributed by atoms with Gasteiger partial charge in [-0.3, -0.25) is 0 Å². The first-order valence-corrected chi connectivity index (χ1v) is 9.51. The number of benzene rings is 1. The van der Waals surface area contributed by atoms with Crippen LogP contribution in [0.3, 0.4) is 0 Å². The van der Waals surface area contributed by atoms with Crippen molar-refractivity contribution in [3.63, 3.8) is 0 Å². The lowest BCUT2D eigenvalue weighted by molar-refractivity contribution is -0.275. The van der Waals surface area contributed by atoms with Crippen molar-refractivity contribution < 1.29 is 26.3 Å². The fraction of sp³-hybridized carbons (Fsp3) is 0.625. The third kappa shape index (κ3) is 3.69. The largest absolute Gasteiger partial charge is 0.573 e. The van der Waals surface area contributed by atoms with Crippen LogP contribution < -0.4 is 9.46 Å². The predicted molar refractivity (Wildman–Crippen MR) is 81.8 cm³/mol. The Labute approximate surface area is 139 Å². The van der Waals surface area contributed by atoms with Crippen molar-refractivity contribution in [3.8, 4) is 5.75 Å². The van der Waals surface area contributed by atoms with E-state index in [0.29, 0.717) is 11.8 Å². The maximum Gasteiger partial charge on any atom is 0.573 e. The standard InChI is InChI=1S/C16H20F3NO3S/c1-10(13-9-11-6-7-12(13)8-11)20-24(21,22)15-5-3-2-4-14(15)23-16(17,18)19/h2-5,10-13,20H,6-9H2,1H3. The minimum atomic E-state index is -4.94. The van der Waals surface area contributed by atoms with Crippen molar-refractivity contribution in [2.24, 2.45) is 17.8 Å². The second-order valence-corrected chi connectivity index (χ2v) is 8.43. The molecule has 8 heteroatoms. The first-order valence-electron chi connectivity index (χ1n) is 8.03. The summed E-state index contributed by atoms with van der Waals surface area (Å²) in [6, 6.07) is 4.49. The molecule has 0 aliphatic heterocycles. The van der Waals surface area contributed by atoms with Crippen molar-refractivity contribution >= 4 is 10.0 Å². The van der Waals surface area contributed by atoms with Gasteiger partial charge in [-0.05, 0) is 56.1 Å². The average molecular weight is 363 g/mol. The molecule has 2 aliphatic carbocycles. The van der Waals surface area contributed by atoms with Crippen LogP contribution in [-0.2, 0) is 10.0 Å². The Kier molecular flexibility index (Phi) is 4.55. The quantitative estimate of drug-likeness (QED) is 0.868. The van der Waals surface area contributed by atoms with Crippen LogP contribution in [0.25, 0.3) is 0 Å². The lowest BCUT2D eigenvalue weighted by Crippen LogP contribution is -2.40. The van der Waals surface area contributed by atoms with Gasteiger partial charge < -0.3 is 4.74 Å². The number of hydrogen-bond donors (Lipinski definition) is 1. The number of halogens is 3. The predicted octanol–water partition coefficient (Wildman–Crippen LogP) is 3.69. The fourth-order valence-corrected chi connectivity index (χ4v) is 5.61. The van der Waals surface area contributed by atoms with E-state index < -0.39 is 27.0 Å². The Morgan fingerprint density at radius 1 is 1.21 bits per heavy atom. The number of rotatable bonds is 5.